The van der Waals surface area contributed by atoms with Gasteiger partial charge in [0.05, 0.1) is 8.96 Å². The summed E-state index contributed by atoms with van der Waals surface area (Å²) in [5, 5.41) is 0. The molecule has 4 heteroatoms. The molecule has 0 unspecified atom stereocenters. The maximum absolute atomic E-state index is 3.88. The Balaban J connectivity index is -0.000000500. The Morgan fingerprint density at radius 2 is 1.67 bits per heavy atom. The van der Waals surface area contributed by atoms with Gasteiger partial charge in [0.25, 0.3) is 0 Å². The topological polar surface area (TPSA) is 3.24 Å². The van der Waals surface area contributed by atoms with Crippen molar-refractivity contribution >= 4 is 17.2 Å². The van der Waals surface area contributed by atoms with Gasteiger partial charge in [-0.15, -0.1) is 13.2 Å². The van der Waals surface area contributed by atoms with Crippen LogP contribution < -0.4 is 29.6 Å². The van der Waals surface area contributed by atoms with Crippen LogP contribution in [0.25, 0.3) is 0 Å². The predicted octanol–water partition coefficient (Wildman–Crippen LogP) is -0.956. The van der Waals surface area contributed by atoms with Gasteiger partial charge in [-0.25, -0.2) is 0 Å². The van der Waals surface area contributed by atoms with Crippen molar-refractivity contribution in [3.05, 3.63) is 24.6 Å². The first kappa shape index (κ1) is 15.4. The molecule has 0 aliphatic carbocycles. The molecule has 12 heavy (non-hydrogen) atoms. The molecular weight excluding hydrogens is 189 g/mol. The molecule has 0 saturated heterocycles. The van der Waals surface area contributed by atoms with Crippen LogP contribution in [-0.2, 0) is 0 Å². The molecule has 0 bridgehead atoms. The van der Waals surface area contributed by atoms with E-state index in [2.05, 4.69) is 55.5 Å². The van der Waals surface area contributed by atoms with Crippen LogP contribution in [-0.4, -0.2) is 28.5 Å². The van der Waals surface area contributed by atoms with Gasteiger partial charge in [0, 0.05) is 0 Å². The summed E-state index contributed by atoms with van der Waals surface area (Å²) in [6.07, 6.45) is 0. The van der Waals surface area contributed by atoms with Gasteiger partial charge in [-0.3, -0.25) is 0 Å². The Morgan fingerprint density at radius 3 is 1.75 bits per heavy atom. The van der Waals surface area contributed by atoms with E-state index in [1.807, 2.05) is 0 Å². The third-order valence-electron chi connectivity index (χ3n) is 2.36. The average Bonchev–Trinajstić information content (AvgIpc) is 2.01. The minimum absolute atomic E-state index is 0. The molecule has 0 aromatic carbocycles. The molecule has 0 heterocycles. The first-order valence-electron chi connectivity index (χ1n) is 3.98. The smallest absolute Gasteiger partial charge is 1.00 e. The number of rotatable bonds is 4. The molecule has 0 rings (SSSR count). The SMILES string of the molecule is C=C[Si](C)(C=C)N(C)[SiH](C)C.[H-].[Na+]. The Labute approximate surface area is 103 Å². The van der Waals surface area contributed by atoms with Crippen LogP contribution in [0.5, 0.6) is 0 Å². The minimum Gasteiger partial charge on any atom is -1.00 e. The summed E-state index contributed by atoms with van der Waals surface area (Å²) in [6.45, 7) is 14.7. The second kappa shape index (κ2) is 6.35. The van der Waals surface area contributed by atoms with Crippen molar-refractivity contribution in [2.24, 2.45) is 0 Å². The van der Waals surface area contributed by atoms with E-state index >= 15 is 0 Å². The standard InChI is InChI=1S/C8H19NSi2.Na.H/c1-7-11(6,8-2)9(3)10(4)5;;/h7-8,10H,1-2H2,3-6H3;;/q;+1;-1. The van der Waals surface area contributed by atoms with Gasteiger partial charge in [0.15, 0.2) is 8.24 Å². The quantitative estimate of drug-likeness (QED) is 0.539. The fourth-order valence-electron chi connectivity index (χ4n) is 0.928. The Morgan fingerprint density at radius 1 is 1.33 bits per heavy atom. The molecule has 0 amide bonds. The summed E-state index contributed by atoms with van der Waals surface area (Å²) < 4.78 is 2.51. The molecule has 1 nitrogen and oxygen atoms in total. The van der Waals surface area contributed by atoms with Crippen molar-refractivity contribution in [3.63, 3.8) is 0 Å². The van der Waals surface area contributed by atoms with Gasteiger partial charge in [0.1, 0.15) is 0 Å². The second-order valence-corrected chi connectivity index (χ2v) is 10.8. The molecule has 0 saturated carbocycles. The Hall–Kier alpha value is 0.874. The van der Waals surface area contributed by atoms with Crippen LogP contribution in [0, 0.1) is 0 Å². The zero-order valence-electron chi connectivity index (χ0n) is 10.1. The van der Waals surface area contributed by atoms with Crippen LogP contribution in [0.3, 0.4) is 0 Å². The molecule has 0 aliphatic heterocycles. The molecule has 0 atom stereocenters. The van der Waals surface area contributed by atoms with Gasteiger partial charge in [-0.1, -0.05) is 24.5 Å². The van der Waals surface area contributed by atoms with Crippen molar-refractivity contribution in [1.82, 2.24) is 4.23 Å². The third-order valence-corrected chi connectivity index (χ3v) is 10.3. The monoisotopic (exact) mass is 209 g/mol. The van der Waals surface area contributed by atoms with E-state index in [0.29, 0.717) is 0 Å². The van der Waals surface area contributed by atoms with Crippen LogP contribution in [0.4, 0.5) is 0 Å². The van der Waals surface area contributed by atoms with E-state index in [9.17, 15) is 0 Å². The molecule has 0 N–H and O–H groups in total. The third kappa shape index (κ3) is 3.72. The summed E-state index contributed by atoms with van der Waals surface area (Å²) in [5.41, 5.74) is 4.18. The molecule has 0 aliphatic rings. The second-order valence-electron chi connectivity index (χ2n) is 3.34. The van der Waals surface area contributed by atoms with Gasteiger partial charge >= 0.3 is 29.6 Å². The zero-order valence-corrected chi connectivity index (χ0v) is 13.2. The summed E-state index contributed by atoms with van der Waals surface area (Å²) in [4.78, 5) is 0. The largest absolute Gasteiger partial charge is 1.00 e. The molecule has 66 valence electrons. The first-order chi connectivity index (χ1) is 4.98. The predicted molar refractivity (Wildman–Crippen MR) is 59.8 cm³/mol. The van der Waals surface area contributed by atoms with Crippen LogP contribution in [0.2, 0.25) is 19.6 Å². The summed E-state index contributed by atoms with van der Waals surface area (Å²) in [7, 11) is 0.0875. The Kier molecular flexibility index (Phi) is 8.12. The molecule has 0 radical (unpaired) electrons. The van der Waals surface area contributed by atoms with Gasteiger partial charge in [0.2, 0.25) is 0 Å². The van der Waals surface area contributed by atoms with E-state index in [0.717, 1.165) is 0 Å². The van der Waals surface area contributed by atoms with Crippen molar-refractivity contribution in [2.45, 2.75) is 19.6 Å². The number of nitrogens with zero attached hydrogens (tertiary/aromatic N) is 1. The summed E-state index contributed by atoms with van der Waals surface area (Å²) in [6, 6.07) is 0. The normalized spacial score (nSPS) is 11.2. The van der Waals surface area contributed by atoms with Gasteiger partial charge < -0.3 is 5.66 Å². The molecule has 0 aromatic heterocycles. The number of hydrogen-bond acceptors (Lipinski definition) is 1. The fraction of sp³-hybridized carbons (Fsp3) is 0.500. The van der Waals surface area contributed by atoms with Crippen LogP contribution in [0.1, 0.15) is 1.43 Å². The molecular formula is C8H20NNaSi2. The average molecular weight is 209 g/mol. The minimum atomic E-state index is -1.44. The van der Waals surface area contributed by atoms with Crippen molar-refractivity contribution in [3.8, 4) is 0 Å². The summed E-state index contributed by atoms with van der Waals surface area (Å²) >= 11 is 0. The van der Waals surface area contributed by atoms with E-state index in [-0.39, 0.29) is 31.0 Å². The molecule has 0 spiro atoms. The molecule has 0 fully saturated rings. The maximum atomic E-state index is 3.88. The van der Waals surface area contributed by atoms with E-state index in [4.69, 9.17) is 0 Å². The maximum Gasteiger partial charge on any atom is 1.00 e. The van der Waals surface area contributed by atoms with E-state index in [1.54, 1.807) is 0 Å². The van der Waals surface area contributed by atoms with Crippen molar-refractivity contribution in [2.75, 3.05) is 7.05 Å². The van der Waals surface area contributed by atoms with Crippen molar-refractivity contribution < 1.29 is 31.0 Å². The first-order valence-corrected chi connectivity index (χ1v) is 9.41. The molecule has 0 aromatic rings. The summed E-state index contributed by atoms with van der Waals surface area (Å²) in [5.74, 6) is 0. The van der Waals surface area contributed by atoms with Crippen molar-refractivity contribution in [1.29, 1.82) is 0 Å². The van der Waals surface area contributed by atoms with Gasteiger partial charge in [-0.05, 0) is 13.6 Å². The van der Waals surface area contributed by atoms with Crippen LogP contribution in [0.15, 0.2) is 24.6 Å². The van der Waals surface area contributed by atoms with E-state index in [1.165, 1.54) is 0 Å². The number of hydrogen-bond donors (Lipinski definition) is 0. The van der Waals surface area contributed by atoms with Crippen LogP contribution >= 0.6 is 0 Å². The van der Waals surface area contributed by atoms with Gasteiger partial charge in [-0.2, -0.15) is 0 Å². The Bertz CT molecular complexity index is 156. The van der Waals surface area contributed by atoms with E-state index < -0.39 is 17.2 Å². The zero-order chi connectivity index (χ0) is 9.07. The fourth-order valence-corrected chi connectivity index (χ4v) is 6.75.